The summed E-state index contributed by atoms with van der Waals surface area (Å²) in [5.41, 5.74) is 1.64. The van der Waals surface area contributed by atoms with E-state index in [1.54, 1.807) is 0 Å². The van der Waals surface area contributed by atoms with Crippen molar-refractivity contribution in [3.05, 3.63) is 16.5 Å². The van der Waals surface area contributed by atoms with E-state index in [2.05, 4.69) is 10.5 Å². The summed E-state index contributed by atoms with van der Waals surface area (Å²) in [5, 5.41) is 7.77. The maximum absolute atomic E-state index is 12.3. The van der Waals surface area contributed by atoms with E-state index in [1.807, 2.05) is 11.8 Å². The van der Waals surface area contributed by atoms with E-state index >= 15 is 0 Å². The highest BCUT2D eigenvalue weighted by atomic mass is 35.5. The Hall–Kier alpha value is -0.780. The van der Waals surface area contributed by atoms with Gasteiger partial charge in [0.05, 0.1) is 5.69 Å². The molecule has 2 heterocycles. The fraction of sp³-hybridized carbons (Fsp3) is 0.750. The topological polar surface area (TPSA) is 58.4 Å². The highest BCUT2D eigenvalue weighted by Crippen LogP contribution is 2.28. The minimum atomic E-state index is 0. The van der Waals surface area contributed by atoms with Crippen molar-refractivity contribution >= 4 is 29.9 Å². The summed E-state index contributed by atoms with van der Waals surface area (Å²) < 4.78 is 4.92. The van der Waals surface area contributed by atoms with Gasteiger partial charge in [-0.1, -0.05) is 5.16 Å². The van der Waals surface area contributed by atoms with Crippen LogP contribution < -0.4 is 5.32 Å². The Morgan fingerprint density at radius 1 is 1.35 bits per heavy atom. The van der Waals surface area contributed by atoms with E-state index in [0.29, 0.717) is 24.1 Å². The Morgan fingerprint density at radius 3 is 2.61 bits per heavy atom. The molecule has 1 saturated heterocycles. The van der Waals surface area contributed by atoms with Crippen LogP contribution in [0, 0.1) is 12.8 Å². The Balaban J connectivity index is 0.00000192. The molecule has 130 valence electrons. The molecule has 0 aromatic carbocycles. The van der Waals surface area contributed by atoms with Crippen LogP contribution in [0.2, 0.25) is 5.22 Å². The smallest absolute Gasteiger partial charge is 0.229 e. The van der Waals surface area contributed by atoms with Crippen LogP contribution in [0.25, 0.3) is 0 Å². The molecule has 0 spiro atoms. The molecule has 3 rings (SSSR count). The van der Waals surface area contributed by atoms with Crippen molar-refractivity contribution in [1.29, 1.82) is 0 Å². The number of likely N-dealkylation sites (tertiary alicyclic amines) is 1. The van der Waals surface area contributed by atoms with Crippen LogP contribution in [0.15, 0.2) is 4.52 Å². The third kappa shape index (κ3) is 5.10. The van der Waals surface area contributed by atoms with Gasteiger partial charge in [0.2, 0.25) is 11.1 Å². The highest BCUT2D eigenvalue weighted by molar-refractivity contribution is 6.29. The maximum atomic E-state index is 12.3. The minimum Gasteiger partial charge on any atom is -0.344 e. The molecule has 0 bridgehead atoms. The Morgan fingerprint density at radius 2 is 2.04 bits per heavy atom. The molecule has 5 nitrogen and oxygen atoms in total. The average molecular weight is 362 g/mol. The van der Waals surface area contributed by atoms with Crippen LogP contribution in [0.5, 0.6) is 0 Å². The first kappa shape index (κ1) is 18.6. The number of aromatic nitrogens is 1. The van der Waals surface area contributed by atoms with Crippen molar-refractivity contribution < 1.29 is 9.32 Å². The number of carbonyl (C=O) groups excluding carboxylic acids is 1. The van der Waals surface area contributed by atoms with Gasteiger partial charge in [-0.15, -0.1) is 12.4 Å². The van der Waals surface area contributed by atoms with Crippen molar-refractivity contribution in [2.75, 3.05) is 19.6 Å². The van der Waals surface area contributed by atoms with E-state index in [-0.39, 0.29) is 18.3 Å². The molecule has 0 radical (unpaired) electrons. The fourth-order valence-corrected chi connectivity index (χ4v) is 3.28. The zero-order valence-electron chi connectivity index (χ0n) is 13.5. The van der Waals surface area contributed by atoms with Gasteiger partial charge in [0.15, 0.2) is 0 Å². The second-order valence-electron chi connectivity index (χ2n) is 6.53. The number of hydrogen-bond acceptors (Lipinski definition) is 4. The van der Waals surface area contributed by atoms with Gasteiger partial charge in [-0.2, -0.15) is 0 Å². The molecule has 1 saturated carbocycles. The number of aryl methyl sites for hydroxylation is 1. The predicted molar refractivity (Wildman–Crippen MR) is 92.1 cm³/mol. The molecule has 2 aliphatic rings. The van der Waals surface area contributed by atoms with Gasteiger partial charge in [0.25, 0.3) is 0 Å². The molecule has 7 heteroatoms. The number of rotatable bonds is 6. The summed E-state index contributed by atoms with van der Waals surface area (Å²) >= 11 is 5.94. The lowest BCUT2D eigenvalue weighted by atomic mass is 10.0. The predicted octanol–water partition coefficient (Wildman–Crippen LogP) is 2.98. The third-order valence-corrected chi connectivity index (χ3v) is 5.06. The molecule has 23 heavy (non-hydrogen) atoms. The zero-order chi connectivity index (χ0) is 15.5. The van der Waals surface area contributed by atoms with Crippen LogP contribution in [-0.4, -0.2) is 41.6 Å². The van der Waals surface area contributed by atoms with Gasteiger partial charge in [0, 0.05) is 31.1 Å². The van der Waals surface area contributed by atoms with E-state index in [4.69, 9.17) is 16.1 Å². The molecule has 1 N–H and O–H groups in total. The Kier molecular flexibility index (Phi) is 6.74. The van der Waals surface area contributed by atoms with Gasteiger partial charge >= 0.3 is 0 Å². The van der Waals surface area contributed by atoms with Gasteiger partial charge in [-0.3, -0.25) is 4.79 Å². The van der Waals surface area contributed by atoms with E-state index in [9.17, 15) is 4.79 Å². The summed E-state index contributed by atoms with van der Waals surface area (Å²) in [5.74, 6) is 1.12. The second-order valence-corrected chi connectivity index (χ2v) is 6.87. The Labute approximate surface area is 148 Å². The SMILES string of the molecule is Cc1noc(Cl)c1CCC(=O)N1CCC(NCC2CC2)CC1.Cl. The summed E-state index contributed by atoms with van der Waals surface area (Å²) in [6, 6.07) is 0.583. The molecule has 1 aliphatic heterocycles. The number of piperidine rings is 1. The number of nitrogens with one attached hydrogen (secondary N) is 1. The maximum Gasteiger partial charge on any atom is 0.229 e. The van der Waals surface area contributed by atoms with Crippen molar-refractivity contribution in [3.63, 3.8) is 0 Å². The fourth-order valence-electron chi connectivity index (χ4n) is 3.02. The van der Waals surface area contributed by atoms with E-state index in [1.165, 1.54) is 12.8 Å². The third-order valence-electron chi connectivity index (χ3n) is 4.77. The zero-order valence-corrected chi connectivity index (χ0v) is 15.1. The second kappa shape index (κ2) is 8.36. The van der Waals surface area contributed by atoms with Crippen LogP contribution in [-0.2, 0) is 11.2 Å². The number of carbonyl (C=O) groups is 1. The monoisotopic (exact) mass is 361 g/mol. The largest absolute Gasteiger partial charge is 0.344 e. The lowest BCUT2D eigenvalue weighted by molar-refractivity contribution is -0.132. The highest BCUT2D eigenvalue weighted by Gasteiger charge is 2.26. The molecule has 1 aromatic heterocycles. The van der Waals surface area contributed by atoms with Crippen molar-refractivity contribution in [3.8, 4) is 0 Å². The van der Waals surface area contributed by atoms with Crippen LogP contribution >= 0.6 is 24.0 Å². The lowest BCUT2D eigenvalue weighted by Crippen LogP contribution is -2.45. The van der Waals surface area contributed by atoms with Crippen LogP contribution in [0.4, 0.5) is 0 Å². The lowest BCUT2D eigenvalue weighted by Gasteiger charge is -2.32. The van der Waals surface area contributed by atoms with E-state index < -0.39 is 0 Å². The standard InChI is InChI=1S/C16H24ClN3O2.ClH/c1-11-14(16(17)22-19-11)4-5-15(21)20-8-6-13(7-9-20)18-10-12-2-3-12;/h12-13,18H,2-10H2,1H3;1H. The first-order chi connectivity index (χ1) is 10.6. The quantitative estimate of drug-likeness (QED) is 0.845. The molecule has 1 aromatic rings. The van der Waals surface area contributed by atoms with Crippen molar-refractivity contribution in [1.82, 2.24) is 15.4 Å². The molecule has 1 amide bonds. The molecule has 0 atom stereocenters. The molecule has 0 unspecified atom stereocenters. The number of nitrogens with zero attached hydrogens (tertiary/aromatic N) is 2. The Bertz CT molecular complexity index is 504. The molecular weight excluding hydrogens is 337 g/mol. The number of hydrogen-bond donors (Lipinski definition) is 1. The van der Waals surface area contributed by atoms with Gasteiger partial charge in [-0.05, 0) is 63.1 Å². The van der Waals surface area contributed by atoms with E-state index in [0.717, 1.165) is 49.7 Å². The summed E-state index contributed by atoms with van der Waals surface area (Å²) in [6.45, 7) is 4.73. The average Bonchev–Trinajstić information content (AvgIpc) is 3.30. The van der Waals surface area contributed by atoms with Crippen LogP contribution in [0.1, 0.15) is 43.4 Å². The first-order valence-corrected chi connectivity index (χ1v) is 8.63. The summed E-state index contributed by atoms with van der Waals surface area (Å²) in [4.78, 5) is 14.3. The first-order valence-electron chi connectivity index (χ1n) is 8.25. The summed E-state index contributed by atoms with van der Waals surface area (Å²) in [7, 11) is 0. The molecule has 2 fully saturated rings. The normalized spacial score (nSPS) is 18.8. The summed E-state index contributed by atoms with van der Waals surface area (Å²) in [6.07, 6.45) is 5.97. The number of amides is 1. The molecule has 1 aliphatic carbocycles. The van der Waals surface area contributed by atoms with Crippen molar-refractivity contribution in [2.45, 2.75) is 51.5 Å². The van der Waals surface area contributed by atoms with Gasteiger partial charge in [-0.25, -0.2) is 0 Å². The number of halogens is 2. The van der Waals surface area contributed by atoms with Gasteiger partial charge in [0.1, 0.15) is 0 Å². The van der Waals surface area contributed by atoms with Crippen molar-refractivity contribution in [2.24, 2.45) is 5.92 Å². The van der Waals surface area contributed by atoms with Crippen LogP contribution in [0.3, 0.4) is 0 Å². The minimum absolute atomic E-state index is 0. The molecular formula is C16H25Cl2N3O2. The van der Waals surface area contributed by atoms with Gasteiger partial charge < -0.3 is 14.7 Å².